The fraction of sp³-hybridized carbons (Fsp3) is 0.750. The molecule has 2 rings (SSSR count). The lowest BCUT2D eigenvalue weighted by molar-refractivity contribution is 0.598. The Morgan fingerprint density at radius 1 is 1.21 bits per heavy atom. The van der Waals surface area contributed by atoms with Crippen LogP contribution >= 0.6 is 0 Å². The van der Waals surface area contributed by atoms with E-state index in [1.54, 1.807) is 0 Å². The molecule has 1 unspecified atom stereocenters. The highest BCUT2D eigenvalue weighted by Crippen LogP contribution is 2.32. The van der Waals surface area contributed by atoms with Crippen LogP contribution in [0.4, 0.5) is 0 Å². The smallest absolute Gasteiger partial charge is 0.129 e. The quantitative estimate of drug-likeness (QED) is 0.766. The van der Waals surface area contributed by atoms with Gasteiger partial charge in [0, 0.05) is 24.4 Å². The summed E-state index contributed by atoms with van der Waals surface area (Å²) < 4.78 is 0. The molecule has 1 aliphatic carbocycles. The van der Waals surface area contributed by atoms with Crippen LogP contribution in [-0.2, 0) is 6.42 Å². The van der Waals surface area contributed by atoms with Crippen LogP contribution in [0.25, 0.3) is 0 Å². The molecule has 1 heterocycles. The molecule has 1 aromatic rings. The van der Waals surface area contributed by atoms with Gasteiger partial charge in [0.15, 0.2) is 0 Å². The SMILES string of the molecule is CCCNCC(C)c1c(C)nc(CC2CC2)nc1C. The molecule has 106 valence electrons. The van der Waals surface area contributed by atoms with Crippen molar-refractivity contribution in [3.05, 3.63) is 22.8 Å². The molecular weight excluding hydrogens is 234 g/mol. The van der Waals surface area contributed by atoms with E-state index < -0.39 is 0 Å². The number of hydrogen-bond donors (Lipinski definition) is 1. The Morgan fingerprint density at radius 2 is 1.84 bits per heavy atom. The fourth-order valence-corrected chi connectivity index (χ4v) is 2.78. The van der Waals surface area contributed by atoms with Gasteiger partial charge >= 0.3 is 0 Å². The van der Waals surface area contributed by atoms with Crippen LogP contribution in [0.5, 0.6) is 0 Å². The van der Waals surface area contributed by atoms with E-state index in [0.717, 1.165) is 31.3 Å². The van der Waals surface area contributed by atoms with Gasteiger partial charge < -0.3 is 5.32 Å². The lowest BCUT2D eigenvalue weighted by atomic mass is 9.97. The first-order chi connectivity index (χ1) is 9.11. The zero-order chi connectivity index (χ0) is 13.8. The summed E-state index contributed by atoms with van der Waals surface area (Å²) in [5.74, 6) is 2.39. The van der Waals surface area contributed by atoms with Gasteiger partial charge in [-0.3, -0.25) is 0 Å². The van der Waals surface area contributed by atoms with Crippen molar-refractivity contribution in [3.8, 4) is 0 Å². The number of nitrogens with one attached hydrogen (secondary N) is 1. The molecular formula is C16H27N3. The van der Waals surface area contributed by atoms with E-state index in [1.165, 1.54) is 36.2 Å². The topological polar surface area (TPSA) is 37.8 Å². The van der Waals surface area contributed by atoms with Crippen molar-refractivity contribution < 1.29 is 0 Å². The van der Waals surface area contributed by atoms with Crippen molar-refractivity contribution in [2.75, 3.05) is 13.1 Å². The lowest BCUT2D eigenvalue weighted by Crippen LogP contribution is -2.22. The van der Waals surface area contributed by atoms with E-state index in [1.807, 2.05) is 0 Å². The first kappa shape index (κ1) is 14.4. The highest BCUT2D eigenvalue weighted by Gasteiger charge is 2.24. The fourth-order valence-electron chi connectivity index (χ4n) is 2.78. The first-order valence-electron chi connectivity index (χ1n) is 7.66. The third-order valence-electron chi connectivity index (χ3n) is 3.91. The number of nitrogens with zero attached hydrogens (tertiary/aromatic N) is 2. The summed E-state index contributed by atoms with van der Waals surface area (Å²) >= 11 is 0. The summed E-state index contributed by atoms with van der Waals surface area (Å²) in [7, 11) is 0. The van der Waals surface area contributed by atoms with E-state index in [-0.39, 0.29) is 0 Å². The van der Waals surface area contributed by atoms with E-state index in [0.29, 0.717) is 5.92 Å². The molecule has 1 saturated carbocycles. The van der Waals surface area contributed by atoms with Crippen molar-refractivity contribution in [2.45, 2.75) is 59.3 Å². The molecule has 1 aromatic heterocycles. The van der Waals surface area contributed by atoms with Crippen LogP contribution in [0.2, 0.25) is 0 Å². The Morgan fingerprint density at radius 3 is 2.37 bits per heavy atom. The molecule has 0 aromatic carbocycles. The number of aromatic nitrogens is 2. The van der Waals surface area contributed by atoms with Crippen LogP contribution in [0.15, 0.2) is 0 Å². The van der Waals surface area contributed by atoms with Gasteiger partial charge in [0.1, 0.15) is 5.82 Å². The lowest BCUT2D eigenvalue weighted by Gasteiger charge is -2.18. The molecule has 0 aliphatic heterocycles. The maximum Gasteiger partial charge on any atom is 0.129 e. The first-order valence-corrected chi connectivity index (χ1v) is 7.66. The van der Waals surface area contributed by atoms with Crippen molar-refractivity contribution >= 4 is 0 Å². The molecule has 3 heteroatoms. The molecule has 1 N–H and O–H groups in total. The summed E-state index contributed by atoms with van der Waals surface area (Å²) in [5, 5.41) is 3.49. The minimum absolute atomic E-state index is 0.488. The van der Waals surface area contributed by atoms with Crippen molar-refractivity contribution in [2.24, 2.45) is 5.92 Å². The van der Waals surface area contributed by atoms with Gasteiger partial charge in [-0.2, -0.15) is 0 Å². The van der Waals surface area contributed by atoms with Crippen LogP contribution in [-0.4, -0.2) is 23.1 Å². The Balaban J connectivity index is 2.06. The zero-order valence-corrected chi connectivity index (χ0v) is 12.8. The van der Waals surface area contributed by atoms with E-state index >= 15 is 0 Å². The van der Waals surface area contributed by atoms with Gasteiger partial charge in [-0.15, -0.1) is 0 Å². The van der Waals surface area contributed by atoms with Crippen LogP contribution in [0, 0.1) is 19.8 Å². The highest BCUT2D eigenvalue weighted by molar-refractivity contribution is 5.28. The van der Waals surface area contributed by atoms with Crippen molar-refractivity contribution in [1.29, 1.82) is 0 Å². The molecule has 3 nitrogen and oxygen atoms in total. The summed E-state index contributed by atoms with van der Waals surface area (Å²) in [5.41, 5.74) is 3.69. The van der Waals surface area contributed by atoms with Crippen LogP contribution in [0.1, 0.15) is 61.8 Å². The predicted octanol–water partition coefficient (Wildman–Crippen LogP) is 3.15. The summed E-state index contributed by atoms with van der Waals surface area (Å²) in [4.78, 5) is 9.45. The van der Waals surface area contributed by atoms with E-state index in [4.69, 9.17) is 9.97 Å². The highest BCUT2D eigenvalue weighted by atomic mass is 14.9. The largest absolute Gasteiger partial charge is 0.316 e. The van der Waals surface area contributed by atoms with E-state index in [9.17, 15) is 0 Å². The molecule has 0 bridgehead atoms. The van der Waals surface area contributed by atoms with E-state index in [2.05, 4.69) is 33.0 Å². The molecule has 1 aliphatic rings. The average Bonchev–Trinajstić information content (AvgIpc) is 3.12. The maximum absolute atomic E-state index is 4.72. The van der Waals surface area contributed by atoms with Gasteiger partial charge in [0.2, 0.25) is 0 Å². The Hall–Kier alpha value is -0.960. The minimum Gasteiger partial charge on any atom is -0.316 e. The molecule has 0 spiro atoms. The number of hydrogen-bond acceptors (Lipinski definition) is 3. The van der Waals surface area contributed by atoms with Crippen LogP contribution < -0.4 is 5.32 Å². The van der Waals surface area contributed by atoms with Gasteiger partial charge in [0.25, 0.3) is 0 Å². The summed E-state index contributed by atoms with van der Waals surface area (Å²) in [6.07, 6.45) is 4.98. The normalized spacial score (nSPS) is 16.6. The van der Waals surface area contributed by atoms with Crippen LogP contribution in [0.3, 0.4) is 0 Å². The second-order valence-electron chi connectivity index (χ2n) is 5.98. The Labute approximate surface area is 117 Å². The van der Waals surface area contributed by atoms with Gasteiger partial charge in [0.05, 0.1) is 0 Å². The molecule has 19 heavy (non-hydrogen) atoms. The third-order valence-corrected chi connectivity index (χ3v) is 3.91. The summed E-state index contributed by atoms with van der Waals surface area (Å²) in [6.45, 7) is 10.8. The molecule has 1 fully saturated rings. The second-order valence-corrected chi connectivity index (χ2v) is 5.98. The van der Waals surface area contributed by atoms with Gasteiger partial charge in [-0.25, -0.2) is 9.97 Å². The molecule has 0 radical (unpaired) electrons. The van der Waals surface area contributed by atoms with Gasteiger partial charge in [-0.05, 0) is 57.1 Å². The second kappa shape index (κ2) is 6.47. The minimum atomic E-state index is 0.488. The molecule has 0 amide bonds. The predicted molar refractivity (Wildman–Crippen MR) is 79.5 cm³/mol. The monoisotopic (exact) mass is 261 g/mol. The summed E-state index contributed by atoms with van der Waals surface area (Å²) in [6, 6.07) is 0. The molecule has 1 atom stereocenters. The maximum atomic E-state index is 4.72. The number of rotatable bonds is 7. The van der Waals surface area contributed by atoms with Gasteiger partial charge in [-0.1, -0.05) is 13.8 Å². The van der Waals surface area contributed by atoms with Crippen molar-refractivity contribution in [3.63, 3.8) is 0 Å². The Bertz CT molecular complexity index is 401. The molecule has 0 saturated heterocycles. The third kappa shape index (κ3) is 4.00. The van der Waals surface area contributed by atoms with Crippen molar-refractivity contribution in [1.82, 2.24) is 15.3 Å². The average molecular weight is 261 g/mol. The standard InChI is InChI=1S/C16H27N3/c1-5-8-17-10-11(2)16-12(3)18-15(19-13(16)4)9-14-6-7-14/h11,14,17H,5-10H2,1-4H3. The zero-order valence-electron chi connectivity index (χ0n) is 12.8. The number of aryl methyl sites for hydroxylation is 2. The Kier molecular flexibility index (Phi) is 4.92.